The SMILES string of the molecule is CC(=O)NCC(=O)N[C@H]1COC2(CCN(C(=O)c3ccn[nH]3)CC2)C[C@]1(C)O. The molecule has 0 bridgehead atoms. The fourth-order valence-electron chi connectivity index (χ4n) is 3.90. The maximum Gasteiger partial charge on any atom is 0.271 e. The van der Waals surface area contributed by atoms with Crippen LogP contribution in [-0.4, -0.2) is 81.4 Å². The van der Waals surface area contributed by atoms with E-state index in [4.69, 9.17) is 4.74 Å². The Morgan fingerprint density at radius 3 is 2.68 bits per heavy atom. The molecule has 10 heteroatoms. The molecule has 0 radical (unpaired) electrons. The van der Waals surface area contributed by atoms with Crippen molar-refractivity contribution in [3.8, 4) is 0 Å². The first-order chi connectivity index (χ1) is 13.2. The van der Waals surface area contributed by atoms with Crippen molar-refractivity contribution in [2.75, 3.05) is 26.2 Å². The summed E-state index contributed by atoms with van der Waals surface area (Å²) in [5.41, 5.74) is -1.22. The highest BCUT2D eigenvalue weighted by molar-refractivity contribution is 5.92. The van der Waals surface area contributed by atoms with Crippen LogP contribution in [0.25, 0.3) is 0 Å². The van der Waals surface area contributed by atoms with Gasteiger partial charge >= 0.3 is 0 Å². The second-order valence-electron chi connectivity index (χ2n) is 7.82. The predicted octanol–water partition coefficient (Wildman–Crippen LogP) is -0.823. The molecule has 0 saturated carbocycles. The van der Waals surface area contributed by atoms with Gasteiger partial charge < -0.3 is 25.4 Å². The molecule has 2 saturated heterocycles. The zero-order valence-electron chi connectivity index (χ0n) is 16.2. The van der Waals surface area contributed by atoms with Gasteiger partial charge in [0.05, 0.1) is 30.4 Å². The summed E-state index contributed by atoms with van der Waals surface area (Å²) in [6, 6.07) is 1.08. The van der Waals surface area contributed by atoms with Crippen LogP contribution in [0.1, 0.15) is 43.6 Å². The fraction of sp³-hybridized carbons (Fsp3) is 0.667. The van der Waals surface area contributed by atoms with Gasteiger partial charge in [0.2, 0.25) is 11.8 Å². The quantitative estimate of drug-likeness (QED) is 0.527. The Labute approximate surface area is 163 Å². The summed E-state index contributed by atoms with van der Waals surface area (Å²) < 4.78 is 6.08. The molecular formula is C18H27N5O5. The number of amides is 3. The molecule has 1 spiro atoms. The van der Waals surface area contributed by atoms with E-state index >= 15 is 0 Å². The van der Waals surface area contributed by atoms with Crippen molar-refractivity contribution < 1.29 is 24.2 Å². The Morgan fingerprint density at radius 2 is 2.11 bits per heavy atom. The number of aliphatic hydroxyl groups is 1. The molecule has 28 heavy (non-hydrogen) atoms. The van der Waals surface area contributed by atoms with Crippen molar-refractivity contribution in [1.82, 2.24) is 25.7 Å². The first-order valence-corrected chi connectivity index (χ1v) is 9.40. The molecule has 0 aliphatic carbocycles. The highest BCUT2D eigenvalue weighted by atomic mass is 16.5. The molecule has 3 amide bonds. The number of hydrogen-bond donors (Lipinski definition) is 4. The number of carbonyl (C=O) groups excluding carboxylic acids is 3. The van der Waals surface area contributed by atoms with Crippen LogP contribution in [0.15, 0.2) is 12.3 Å². The van der Waals surface area contributed by atoms with Gasteiger partial charge in [-0.15, -0.1) is 0 Å². The molecule has 0 unspecified atom stereocenters. The van der Waals surface area contributed by atoms with E-state index in [0.29, 0.717) is 38.0 Å². The van der Waals surface area contributed by atoms with Crippen LogP contribution >= 0.6 is 0 Å². The first-order valence-electron chi connectivity index (χ1n) is 9.40. The zero-order valence-corrected chi connectivity index (χ0v) is 16.2. The molecule has 0 aromatic carbocycles. The number of carbonyl (C=O) groups is 3. The van der Waals surface area contributed by atoms with Gasteiger partial charge in [-0.1, -0.05) is 0 Å². The normalized spacial score (nSPS) is 26.7. The number of piperidine rings is 1. The van der Waals surface area contributed by atoms with Crippen molar-refractivity contribution in [1.29, 1.82) is 0 Å². The van der Waals surface area contributed by atoms with Crippen LogP contribution < -0.4 is 10.6 Å². The third kappa shape index (κ3) is 4.50. The maximum absolute atomic E-state index is 12.4. The molecule has 4 N–H and O–H groups in total. The highest BCUT2D eigenvalue weighted by Gasteiger charge is 2.49. The Kier molecular flexibility index (Phi) is 5.71. The van der Waals surface area contributed by atoms with Gasteiger partial charge in [0.1, 0.15) is 5.69 Å². The van der Waals surface area contributed by atoms with Crippen LogP contribution in [0.4, 0.5) is 0 Å². The summed E-state index contributed by atoms with van der Waals surface area (Å²) >= 11 is 0. The minimum absolute atomic E-state index is 0.0990. The molecule has 1 aromatic heterocycles. The minimum atomic E-state index is -1.15. The Bertz CT molecular complexity index is 725. The lowest BCUT2D eigenvalue weighted by molar-refractivity contribution is -0.187. The summed E-state index contributed by atoms with van der Waals surface area (Å²) in [5, 5.41) is 22.6. The van der Waals surface area contributed by atoms with Gasteiger partial charge in [0, 0.05) is 32.6 Å². The summed E-state index contributed by atoms with van der Waals surface area (Å²) in [4.78, 5) is 37.1. The van der Waals surface area contributed by atoms with Crippen LogP contribution in [0.3, 0.4) is 0 Å². The molecule has 3 rings (SSSR count). The molecular weight excluding hydrogens is 366 g/mol. The van der Waals surface area contributed by atoms with E-state index in [-0.39, 0.29) is 30.9 Å². The average Bonchev–Trinajstić information content (AvgIpc) is 3.17. The van der Waals surface area contributed by atoms with E-state index in [9.17, 15) is 19.5 Å². The lowest BCUT2D eigenvalue weighted by atomic mass is 9.75. The van der Waals surface area contributed by atoms with Gasteiger partial charge in [-0.3, -0.25) is 19.5 Å². The fourth-order valence-corrected chi connectivity index (χ4v) is 3.90. The van der Waals surface area contributed by atoms with Crippen LogP contribution in [0.5, 0.6) is 0 Å². The monoisotopic (exact) mass is 393 g/mol. The molecule has 3 heterocycles. The highest BCUT2D eigenvalue weighted by Crippen LogP contribution is 2.39. The van der Waals surface area contributed by atoms with Crippen LogP contribution in [0, 0.1) is 0 Å². The van der Waals surface area contributed by atoms with Crippen LogP contribution in [-0.2, 0) is 14.3 Å². The number of likely N-dealkylation sites (tertiary alicyclic amines) is 1. The van der Waals surface area contributed by atoms with Crippen molar-refractivity contribution >= 4 is 17.7 Å². The topological polar surface area (TPSA) is 137 Å². The van der Waals surface area contributed by atoms with E-state index in [1.54, 1.807) is 24.1 Å². The third-order valence-electron chi connectivity index (χ3n) is 5.51. The molecule has 2 atom stereocenters. The summed E-state index contributed by atoms with van der Waals surface area (Å²) in [6.45, 7) is 4.09. The molecule has 2 aliphatic rings. The maximum atomic E-state index is 12.4. The molecule has 10 nitrogen and oxygen atoms in total. The van der Waals surface area contributed by atoms with E-state index in [2.05, 4.69) is 20.8 Å². The Morgan fingerprint density at radius 1 is 1.39 bits per heavy atom. The number of nitrogens with one attached hydrogen (secondary N) is 3. The number of hydrogen-bond acceptors (Lipinski definition) is 6. The van der Waals surface area contributed by atoms with Gasteiger partial charge in [-0.25, -0.2) is 0 Å². The predicted molar refractivity (Wildman–Crippen MR) is 98.3 cm³/mol. The molecule has 2 aliphatic heterocycles. The van der Waals surface area contributed by atoms with Crippen LogP contribution in [0.2, 0.25) is 0 Å². The van der Waals surface area contributed by atoms with Crippen molar-refractivity contribution in [3.63, 3.8) is 0 Å². The van der Waals surface area contributed by atoms with Crippen molar-refractivity contribution in [2.45, 2.75) is 50.4 Å². The molecule has 154 valence electrons. The van der Waals surface area contributed by atoms with E-state index in [1.807, 2.05) is 0 Å². The Hall–Kier alpha value is -2.46. The van der Waals surface area contributed by atoms with E-state index < -0.39 is 17.2 Å². The minimum Gasteiger partial charge on any atom is -0.388 e. The lowest BCUT2D eigenvalue weighted by Gasteiger charge is -2.51. The largest absolute Gasteiger partial charge is 0.388 e. The number of nitrogens with zero attached hydrogens (tertiary/aromatic N) is 2. The van der Waals surface area contributed by atoms with Gasteiger partial charge in [0.15, 0.2) is 0 Å². The lowest BCUT2D eigenvalue weighted by Crippen LogP contribution is -2.64. The zero-order chi connectivity index (χ0) is 20.4. The van der Waals surface area contributed by atoms with E-state index in [0.717, 1.165) is 0 Å². The first kappa shape index (κ1) is 20.3. The summed E-state index contributed by atoms with van der Waals surface area (Å²) in [5.74, 6) is -0.768. The number of H-pyrrole nitrogens is 1. The summed E-state index contributed by atoms with van der Waals surface area (Å²) in [7, 11) is 0. The average molecular weight is 393 g/mol. The van der Waals surface area contributed by atoms with Gasteiger partial charge in [-0.05, 0) is 25.8 Å². The van der Waals surface area contributed by atoms with Crippen molar-refractivity contribution in [2.24, 2.45) is 0 Å². The molecule has 2 fully saturated rings. The molecule has 1 aromatic rings. The number of aromatic nitrogens is 2. The second-order valence-corrected chi connectivity index (χ2v) is 7.82. The number of aromatic amines is 1. The standard InChI is InChI=1S/C18H27N5O5/c1-12(24)19-9-15(25)21-14-10-28-18(11-17(14,2)27)4-7-23(8-5-18)16(26)13-3-6-20-22-13/h3,6,14,27H,4-5,7-11H2,1-2H3,(H,19,24)(H,20,22)(H,21,25)/t14-,17-/m0/s1. The third-order valence-corrected chi connectivity index (χ3v) is 5.51. The smallest absolute Gasteiger partial charge is 0.271 e. The van der Waals surface area contributed by atoms with Crippen molar-refractivity contribution in [3.05, 3.63) is 18.0 Å². The Balaban J connectivity index is 1.55. The second kappa shape index (κ2) is 7.88. The number of ether oxygens (including phenoxy) is 1. The van der Waals surface area contributed by atoms with Gasteiger partial charge in [0.25, 0.3) is 5.91 Å². The summed E-state index contributed by atoms with van der Waals surface area (Å²) in [6.07, 6.45) is 3.11. The van der Waals surface area contributed by atoms with Gasteiger partial charge in [-0.2, -0.15) is 5.10 Å². The number of rotatable bonds is 4. The van der Waals surface area contributed by atoms with E-state index in [1.165, 1.54) is 6.92 Å².